The van der Waals surface area contributed by atoms with Gasteiger partial charge >= 0.3 is 0 Å². The topological polar surface area (TPSA) is 89.2 Å². The van der Waals surface area contributed by atoms with Crippen LogP contribution in [0.3, 0.4) is 0 Å². The maximum Gasteiger partial charge on any atom is 0.259 e. The van der Waals surface area contributed by atoms with Gasteiger partial charge in [0.05, 0.1) is 16.5 Å². The van der Waals surface area contributed by atoms with Gasteiger partial charge in [0.15, 0.2) is 4.77 Å². The number of fused-ring (bicyclic) bond motifs is 2. The molecule has 2 fully saturated rings. The summed E-state index contributed by atoms with van der Waals surface area (Å²) in [5.74, 6) is 0.0992. The number of amides is 1. The van der Waals surface area contributed by atoms with Crippen LogP contribution >= 0.6 is 12.2 Å². The van der Waals surface area contributed by atoms with E-state index in [-0.39, 0.29) is 22.2 Å². The van der Waals surface area contributed by atoms with Crippen molar-refractivity contribution in [2.45, 2.75) is 37.7 Å². The number of benzene rings is 1. The molecule has 6 nitrogen and oxygen atoms in total. The van der Waals surface area contributed by atoms with Crippen LogP contribution in [0.1, 0.15) is 42.5 Å². The van der Waals surface area contributed by atoms with Gasteiger partial charge in [0.25, 0.3) is 11.5 Å². The van der Waals surface area contributed by atoms with Crippen molar-refractivity contribution in [1.82, 2.24) is 14.9 Å². The first-order valence-corrected chi connectivity index (χ1v) is 9.15. The number of rotatable bonds is 1. The molecule has 0 spiro atoms. The van der Waals surface area contributed by atoms with Gasteiger partial charge < -0.3 is 15.0 Å². The van der Waals surface area contributed by atoms with Gasteiger partial charge in [-0.05, 0) is 49.7 Å². The second kappa shape index (κ2) is 6.07. The molecule has 0 unspecified atom stereocenters. The van der Waals surface area contributed by atoms with Crippen LogP contribution in [0.2, 0.25) is 0 Å². The molecular weight excluding hydrogens is 338 g/mol. The average molecular weight is 359 g/mol. The van der Waals surface area contributed by atoms with Crippen LogP contribution in [-0.4, -0.2) is 44.6 Å². The molecule has 2 aromatic rings. The minimum atomic E-state index is -0.600. The number of carbonyl (C=O) groups excluding carboxylic acids is 1. The fraction of sp³-hybridized carbons (Fsp3) is 0.500. The largest absolute Gasteiger partial charge is 0.389 e. The third kappa shape index (κ3) is 2.91. The summed E-state index contributed by atoms with van der Waals surface area (Å²) in [5, 5.41) is 11.2. The summed E-state index contributed by atoms with van der Waals surface area (Å²) in [5.41, 5.74) is 0.232. The van der Waals surface area contributed by atoms with Crippen LogP contribution in [0.4, 0.5) is 0 Å². The minimum absolute atomic E-state index is 0.0610. The predicted octanol–water partition coefficient (Wildman–Crippen LogP) is 2.35. The third-order valence-corrected chi connectivity index (χ3v) is 5.91. The van der Waals surface area contributed by atoms with Crippen LogP contribution in [0, 0.1) is 10.7 Å². The molecule has 4 rings (SSSR count). The van der Waals surface area contributed by atoms with E-state index in [1.165, 1.54) is 0 Å². The van der Waals surface area contributed by atoms with E-state index in [4.69, 9.17) is 12.2 Å². The lowest BCUT2D eigenvalue weighted by atomic mass is 9.71. The Balaban J connectivity index is 1.62. The molecule has 0 radical (unpaired) electrons. The summed E-state index contributed by atoms with van der Waals surface area (Å²) in [7, 11) is 0. The molecule has 2 aliphatic rings. The Morgan fingerprint density at radius 2 is 2.12 bits per heavy atom. The number of hydrogen-bond donors (Lipinski definition) is 3. The van der Waals surface area contributed by atoms with E-state index >= 15 is 0 Å². The second-order valence-electron chi connectivity index (χ2n) is 7.22. The quantitative estimate of drug-likeness (QED) is 0.682. The van der Waals surface area contributed by atoms with Crippen molar-refractivity contribution in [1.29, 1.82) is 0 Å². The summed E-state index contributed by atoms with van der Waals surface area (Å²) in [6, 6.07) is 5.01. The first kappa shape index (κ1) is 16.5. The molecule has 2 heterocycles. The van der Waals surface area contributed by atoms with E-state index in [0.717, 1.165) is 25.7 Å². The Labute approximate surface area is 149 Å². The molecule has 1 aliphatic carbocycles. The molecule has 2 atom stereocenters. The van der Waals surface area contributed by atoms with E-state index in [9.17, 15) is 14.7 Å². The zero-order valence-electron chi connectivity index (χ0n) is 13.9. The second-order valence-corrected chi connectivity index (χ2v) is 7.62. The highest BCUT2D eigenvalue weighted by Crippen LogP contribution is 2.40. The van der Waals surface area contributed by atoms with Gasteiger partial charge in [0, 0.05) is 24.6 Å². The number of carbonyl (C=O) groups is 1. The van der Waals surface area contributed by atoms with Crippen molar-refractivity contribution in [3.05, 3.63) is 38.9 Å². The zero-order chi connectivity index (χ0) is 17.6. The van der Waals surface area contributed by atoms with Crippen molar-refractivity contribution in [3.63, 3.8) is 0 Å². The van der Waals surface area contributed by atoms with E-state index in [1.54, 1.807) is 18.2 Å². The summed E-state index contributed by atoms with van der Waals surface area (Å²) < 4.78 is 0.243. The number of nitrogens with one attached hydrogen (secondary N) is 2. The fourth-order valence-corrected chi connectivity index (χ4v) is 4.44. The fourth-order valence-electron chi connectivity index (χ4n) is 4.24. The lowest BCUT2D eigenvalue weighted by Gasteiger charge is -2.47. The molecule has 3 N–H and O–H groups in total. The van der Waals surface area contributed by atoms with E-state index in [0.29, 0.717) is 36.0 Å². The molecule has 1 aromatic heterocycles. The Kier molecular flexibility index (Phi) is 4.00. The molecule has 25 heavy (non-hydrogen) atoms. The molecule has 1 amide bonds. The van der Waals surface area contributed by atoms with Gasteiger partial charge in [0.2, 0.25) is 0 Å². The number of nitrogens with zero attached hydrogens (tertiary/aromatic N) is 1. The Morgan fingerprint density at radius 3 is 2.96 bits per heavy atom. The Bertz CT molecular complexity index is 950. The van der Waals surface area contributed by atoms with Gasteiger partial charge in [0.1, 0.15) is 0 Å². The lowest BCUT2D eigenvalue weighted by Crippen LogP contribution is -2.54. The van der Waals surface area contributed by atoms with Gasteiger partial charge in [-0.25, -0.2) is 0 Å². The molecule has 7 heteroatoms. The van der Waals surface area contributed by atoms with Crippen molar-refractivity contribution < 1.29 is 9.90 Å². The average Bonchev–Trinajstić information content (AvgIpc) is 2.59. The Morgan fingerprint density at radius 1 is 1.28 bits per heavy atom. The normalized spacial score (nSPS) is 26.4. The SMILES string of the molecule is O=C(c1ccc2c(=O)[nH]c(=S)[nH]c2c1)N1CC[C@@]2(O)CCCC[C@@H]2C1. The van der Waals surface area contributed by atoms with Crippen LogP contribution < -0.4 is 5.56 Å². The number of aromatic amines is 2. The monoisotopic (exact) mass is 359 g/mol. The van der Waals surface area contributed by atoms with Crippen LogP contribution in [0.25, 0.3) is 10.9 Å². The standard InChI is InChI=1S/C18H21N3O3S/c22-15-13-5-4-11(9-14(13)19-17(25)20-15)16(23)21-8-7-18(24)6-2-1-3-12(18)10-21/h4-5,9,12,24H,1-3,6-8,10H2,(H2,19,20,22,25)/t12-,18+/m1/s1. The highest BCUT2D eigenvalue weighted by molar-refractivity contribution is 7.71. The number of H-pyrrole nitrogens is 2. The molecule has 1 saturated carbocycles. The molecule has 132 valence electrons. The van der Waals surface area contributed by atoms with E-state index in [1.807, 2.05) is 4.90 Å². The Hall–Kier alpha value is -1.99. The first-order valence-electron chi connectivity index (χ1n) is 8.74. The maximum atomic E-state index is 12.9. The van der Waals surface area contributed by atoms with Crippen molar-refractivity contribution in [3.8, 4) is 0 Å². The first-order chi connectivity index (χ1) is 12.0. The molecule has 1 aromatic carbocycles. The predicted molar refractivity (Wildman–Crippen MR) is 97.2 cm³/mol. The van der Waals surface area contributed by atoms with Crippen LogP contribution in [0.5, 0.6) is 0 Å². The highest BCUT2D eigenvalue weighted by atomic mass is 32.1. The van der Waals surface area contributed by atoms with Crippen molar-refractivity contribution in [2.24, 2.45) is 5.92 Å². The van der Waals surface area contributed by atoms with Crippen molar-refractivity contribution in [2.75, 3.05) is 13.1 Å². The minimum Gasteiger partial charge on any atom is -0.389 e. The molecule has 0 bridgehead atoms. The highest BCUT2D eigenvalue weighted by Gasteiger charge is 2.43. The van der Waals surface area contributed by atoms with Gasteiger partial charge in [-0.3, -0.25) is 14.6 Å². The maximum absolute atomic E-state index is 12.9. The van der Waals surface area contributed by atoms with Crippen molar-refractivity contribution >= 4 is 29.0 Å². The number of aromatic nitrogens is 2. The lowest BCUT2D eigenvalue weighted by molar-refractivity contribution is -0.0886. The summed E-state index contributed by atoms with van der Waals surface area (Å²) >= 11 is 5.00. The smallest absolute Gasteiger partial charge is 0.259 e. The van der Waals surface area contributed by atoms with E-state index < -0.39 is 5.60 Å². The molecule has 1 aliphatic heterocycles. The third-order valence-electron chi connectivity index (χ3n) is 5.70. The number of likely N-dealkylation sites (tertiary alicyclic amines) is 1. The summed E-state index contributed by atoms with van der Waals surface area (Å²) in [4.78, 5) is 32.1. The zero-order valence-corrected chi connectivity index (χ0v) is 14.7. The van der Waals surface area contributed by atoms with Gasteiger partial charge in [-0.15, -0.1) is 0 Å². The summed E-state index contributed by atoms with van der Waals surface area (Å²) in [6.45, 7) is 1.16. The van der Waals surface area contributed by atoms with Crippen LogP contribution in [-0.2, 0) is 0 Å². The molecule has 1 saturated heterocycles. The number of aliphatic hydroxyl groups is 1. The number of piperidine rings is 1. The molecular formula is C18H21N3O3S. The summed E-state index contributed by atoms with van der Waals surface area (Å²) in [6.07, 6.45) is 4.64. The van der Waals surface area contributed by atoms with E-state index in [2.05, 4.69) is 9.97 Å². The van der Waals surface area contributed by atoms with Crippen LogP contribution in [0.15, 0.2) is 23.0 Å². The number of hydrogen-bond acceptors (Lipinski definition) is 4. The van der Waals surface area contributed by atoms with Gasteiger partial charge in [-0.2, -0.15) is 0 Å². The van der Waals surface area contributed by atoms with Gasteiger partial charge in [-0.1, -0.05) is 12.8 Å².